The van der Waals surface area contributed by atoms with Crippen molar-refractivity contribution in [2.24, 2.45) is 0 Å². The molecule has 3 heterocycles. The van der Waals surface area contributed by atoms with Crippen molar-refractivity contribution >= 4 is 23.3 Å². The van der Waals surface area contributed by atoms with Gasteiger partial charge in [-0.1, -0.05) is 0 Å². The molecule has 0 saturated heterocycles. The first-order valence-electron chi connectivity index (χ1n) is 7.08. The van der Waals surface area contributed by atoms with Gasteiger partial charge in [0.15, 0.2) is 0 Å². The van der Waals surface area contributed by atoms with E-state index >= 15 is 0 Å². The van der Waals surface area contributed by atoms with Crippen LogP contribution in [-0.2, 0) is 19.5 Å². The van der Waals surface area contributed by atoms with Gasteiger partial charge in [-0.25, -0.2) is 14.8 Å². The Morgan fingerprint density at radius 3 is 2.77 bits per heavy atom. The molecule has 22 heavy (non-hydrogen) atoms. The van der Waals surface area contributed by atoms with E-state index in [1.54, 1.807) is 0 Å². The Hall–Kier alpha value is -1.99. The largest absolute Gasteiger partial charge is 0.477 e. The van der Waals surface area contributed by atoms with E-state index in [1.807, 2.05) is 37.5 Å². The Bertz CT molecular complexity index is 681. The van der Waals surface area contributed by atoms with Gasteiger partial charge in [0.2, 0.25) is 5.95 Å². The zero-order valence-electron chi connectivity index (χ0n) is 12.6. The maximum atomic E-state index is 11.1. The van der Waals surface area contributed by atoms with Crippen molar-refractivity contribution in [1.82, 2.24) is 14.9 Å². The van der Waals surface area contributed by atoms with Crippen LogP contribution in [0.25, 0.3) is 0 Å². The van der Waals surface area contributed by atoms with Gasteiger partial charge in [0, 0.05) is 56.6 Å². The van der Waals surface area contributed by atoms with Crippen LogP contribution in [0.15, 0.2) is 18.5 Å². The van der Waals surface area contributed by atoms with Gasteiger partial charge in [0.05, 0.1) is 0 Å². The molecule has 0 aromatic carbocycles. The molecule has 1 aliphatic rings. The van der Waals surface area contributed by atoms with Gasteiger partial charge < -0.3 is 10.0 Å². The van der Waals surface area contributed by atoms with E-state index in [2.05, 4.69) is 14.9 Å². The number of carbonyl (C=O) groups is 1. The summed E-state index contributed by atoms with van der Waals surface area (Å²) in [6, 6.07) is 1.81. The predicted molar refractivity (Wildman–Crippen MR) is 85.5 cm³/mol. The number of carboxylic acids is 1. The quantitative estimate of drug-likeness (QED) is 0.928. The highest BCUT2D eigenvalue weighted by Gasteiger charge is 2.21. The Kier molecular flexibility index (Phi) is 4.08. The summed E-state index contributed by atoms with van der Waals surface area (Å²) < 4.78 is 0. The van der Waals surface area contributed by atoms with E-state index in [1.165, 1.54) is 16.9 Å². The number of rotatable bonds is 4. The molecule has 0 spiro atoms. The Labute approximate surface area is 133 Å². The molecule has 0 aliphatic carbocycles. The topological polar surface area (TPSA) is 69.6 Å². The van der Waals surface area contributed by atoms with E-state index in [0.717, 1.165) is 36.5 Å². The molecule has 2 aromatic heterocycles. The highest BCUT2D eigenvalue weighted by molar-refractivity contribution is 7.14. The van der Waals surface area contributed by atoms with Crippen LogP contribution >= 0.6 is 11.3 Å². The van der Waals surface area contributed by atoms with Crippen LogP contribution in [-0.4, -0.2) is 46.6 Å². The zero-order chi connectivity index (χ0) is 15.7. The second-order valence-corrected chi connectivity index (χ2v) is 6.75. The molecule has 3 rings (SSSR count). The molecule has 6 nitrogen and oxygen atoms in total. The first-order valence-corrected chi connectivity index (χ1v) is 7.90. The summed E-state index contributed by atoms with van der Waals surface area (Å²) >= 11 is 1.38. The normalized spacial score (nSPS) is 14.6. The molecule has 0 atom stereocenters. The number of aromatic carboxylic acids is 1. The highest BCUT2D eigenvalue weighted by Crippen LogP contribution is 2.28. The number of hydrogen-bond acceptors (Lipinski definition) is 6. The molecule has 116 valence electrons. The number of carboxylic acid groups (broad SMARTS) is 1. The van der Waals surface area contributed by atoms with Gasteiger partial charge in [-0.05, 0) is 18.1 Å². The molecule has 2 aromatic rings. The predicted octanol–water partition coefficient (Wildman–Crippen LogP) is 1.86. The van der Waals surface area contributed by atoms with Gasteiger partial charge in [-0.2, -0.15) is 0 Å². The lowest BCUT2D eigenvalue weighted by molar-refractivity contribution is 0.0702. The molecule has 0 amide bonds. The summed E-state index contributed by atoms with van der Waals surface area (Å²) in [5.41, 5.74) is 2.25. The van der Waals surface area contributed by atoms with Crippen molar-refractivity contribution in [2.75, 3.05) is 25.5 Å². The molecular weight excluding hydrogens is 300 g/mol. The van der Waals surface area contributed by atoms with E-state index in [4.69, 9.17) is 5.11 Å². The third-order valence-corrected chi connectivity index (χ3v) is 4.82. The van der Waals surface area contributed by atoms with Crippen LogP contribution in [0.4, 0.5) is 5.95 Å². The second-order valence-electron chi connectivity index (χ2n) is 5.61. The van der Waals surface area contributed by atoms with Crippen molar-refractivity contribution in [3.63, 3.8) is 0 Å². The van der Waals surface area contributed by atoms with Crippen LogP contribution in [0, 0.1) is 0 Å². The third-order valence-electron chi connectivity index (χ3n) is 3.67. The number of hydrogen-bond donors (Lipinski definition) is 1. The van der Waals surface area contributed by atoms with Crippen LogP contribution in [0.3, 0.4) is 0 Å². The van der Waals surface area contributed by atoms with Crippen molar-refractivity contribution in [2.45, 2.75) is 19.5 Å². The fourth-order valence-electron chi connectivity index (χ4n) is 2.53. The number of anilines is 1. The first kappa shape index (κ1) is 14.9. The molecule has 0 saturated carbocycles. The van der Waals surface area contributed by atoms with Gasteiger partial charge >= 0.3 is 5.97 Å². The molecule has 0 radical (unpaired) electrons. The van der Waals surface area contributed by atoms with Crippen LogP contribution in [0.1, 0.15) is 25.7 Å². The lowest BCUT2D eigenvalue weighted by Crippen LogP contribution is -2.29. The van der Waals surface area contributed by atoms with Crippen molar-refractivity contribution in [3.8, 4) is 0 Å². The van der Waals surface area contributed by atoms with Gasteiger partial charge in [-0.3, -0.25) is 4.90 Å². The van der Waals surface area contributed by atoms with Crippen LogP contribution in [0.5, 0.6) is 0 Å². The SMILES string of the molecule is CN(C)c1ncc(CN2CCc3cc(C(=O)O)sc3C2)cn1. The van der Waals surface area contributed by atoms with E-state index in [-0.39, 0.29) is 0 Å². The van der Waals surface area contributed by atoms with Gasteiger partial charge in [0.1, 0.15) is 4.88 Å². The van der Waals surface area contributed by atoms with Crippen molar-refractivity contribution in [1.29, 1.82) is 0 Å². The van der Waals surface area contributed by atoms with Gasteiger partial charge in [0.25, 0.3) is 0 Å². The standard InChI is InChI=1S/C15H18N4O2S/c1-18(2)15-16-6-10(7-17-15)8-19-4-3-11-5-12(14(20)21)22-13(11)9-19/h5-7H,3-4,8-9H2,1-2H3,(H,20,21). The van der Waals surface area contributed by atoms with Gasteiger partial charge in [-0.15, -0.1) is 11.3 Å². The molecule has 0 fully saturated rings. The number of thiophene rings is 1. The Morgan fingerprint density at radius 1 is 1.41 bits per heavy atom. The maximum absolute atomic E-state index is 11.1. The third kappa shape index (κ3) is 3.10. The smallest absolute Gasteiger partial charge is 0.345 e. The first-order chi connectivity index (χ1) is 10.5. The minimum Gasteiger partial charge on any atom is -0.477 e. The molecule has 0 unspecified atom stereocenters. The molecule has 1 N–H and O–H groups in total. The number of fused-ring (bicyclic) bond motifs is 1. The highest BCUT2D eigenvalue weighted by atomic mass is 32.1. The van der Waals surface area contributed by atoms with E-state index in [0.29, 0.717) is 10.8 Å². The number of nitrogens with zero attached hydrogens (tertiary/aromatic N) is 4. The summed E-state index contributed by atoms with van der Waals surface area (Å²) in [6.45, 7) is 2.51. The number of aromatic nitrogens is 2. The summed E-state index contributed by atoms with van der Waals surface area (Å²) in [7, 11) is 3.83. The summed E-state index contributed by atoms with van der Waals surface area (Å²) in [6.07, 6.45) is 4.61. The summed E-state index contributed by atoms with van der Waals surface area (Å²) in [5.74, 6) is -0.132. The monoisotopic (exact) mass is 318 g/mol. The van der Waals surface area contributed by atoms with Crippen molar-refractivity contribution < 1.29 is 9.90 Å². The molecular formula is C15H18N4O2S. The maximum Gasteiger partial charge on any atom is 0.345 e. The summed E-state index contributed by atoms with van der Waals surface area (Å²) in [4.78, 5) is 25.5. The van der Waals surface area contributed by atoms with Crippen molar-refractivity contribution in [3.05, 3.63) is 39.3 Å². The van der Waals surface area contributed by atoms with Crippen LogP contribution in [0.2, 0.25) is 0 Å². The minimum atomic E-state index is -0.835. The molecule has 7 heteroatoms. The molecule has 0 bridgehead atoms. The average molecular weight is 318 g/mol. The lowest BCUT2D eigenvalue weighted by atomic mass is 10.1. The summed E-state index contributed by atoms with van der Waals surface area (Å²) in [5, 5.41) is 9.08. The fraction of sp³-hybridized carbons (Fsp3) is 0.400. The fourth-order valence-corrected chi connectivity index (χ4v) is 3.62. The molecule has 1 aliphatic heterocycles. The lowest BCUT2D eigenvalue weighted by Gasteiger charge is -2.26. The van der Waals surface area contributed by atoms with E-state index in [9.17, 15) is 4.79 Å². The Balaban J connectivity index is 1.68. The second kappa shape index (κ2) is 6.02. The minimum absolute atomic E-state index is 0.436. The van der Waals surface area contributed by atoms with E-state index < -0.39 is 5.97 Å². The average Bonchev–Trinajstić information content (AvgIpc) is 2.91. The Morgan fingerprint density at radius 2 is 2.14 bits per heavy atom. The zero-order valence-corrected chi connectivity index (χ0v) is 13.4. The van der Waals surface area contributed by atoms with Crippen LogP contribution < -0.4 is 4.90 Å².